The van der Waals surface area contributed by atoms with Gasteiger partial charge in [0.1, 0.15) is 0 Å². The van der Waals surface area contributed by atoms with Gasteiger partial charge in [0.05, 0.1) is 0 Å². The summed E-state index contributed by atoms with van der Waals surface area (Å²) in [7, 11) is 0. The zero-order valence-electron chi connectivity index (χ0n) is 15.2. The first-order valence-corrected chi connectivity index (χ1v) is 9.49. The number of rotatable bonds is 3. The number of nitrogens with zero attached hydrogens (tertiary/aromatic N) is 3. The van der Waals surface area contributed by atoms with Gasteiger partial charge in [-0.3, -0.25) is 9.69 Å². The number of aromatic nitrogens is 2. The van der Waals surface area contributed by atoms with Crippen molar-refractivity contribution >= 4 is 5.91 Å². The van der Waals surface area contributed by atoms with Gasteiger partial charge < -0.3 is 9.88 Å². The molecule has 5 heteroatoms. The largest absolute Gasteiger partial charge is 0.341 e. The molecule has 1 N–H and O–H groups in total. The molecule has 1 amide bonds. The molecular weight excluding hydrogens is 300 g/mol. The molecule has 3 aliphatic carbocycles. The molecule has 2 heterocycles. The Labute approximate surface area is 144 Å². The molecule has 4 aliphatic rings. The number of carbonyl (C=O) groups is 1. The number of hydrogen-bond acceptors (Lipinski definition) is 3. The summed E-state index contributed by atoms with van der Waals surface area (Å²) in [5, 5.41) is 0. The molecule has 2 bridgehead atoms. The number of aromatic amines is 1. The van der Waals surface area contributed by atoms with Gasteiger partial charge in [0.2, 0.25) is 0 Å². The average Bonchev–Trinajstić information content (AvgIpc) is 3.10. The van der Waals surface area contributed by atoms with Crippen LogP contribution in [0, 0.1) is 23.2 Å². The molecule has 0 radical (unpaired) electrons. The summed E-state index contributed by atoms with van der Waals surface area (Å²) in [5.41, 5.74) is 0.559. The summed E-state index contributed by atoms with van der Waals surface area (Å²) in [5.74, 6) is 3.22. The topological polar surface area (TPSA) is 52.2 Å². The maximum absolute atomic E-state index is 12.5. The number of H-pyrrole nitrogens is 1. The van der Waals surface area contributed by atoms with Gasteiger partial charge in [0, 0.05) is 44.6 Å². The minimum atomic E-state index is 0.0344. The highest BCUT2D eigenvalue weighted by Gasteiger charge is 2.54. The third-order valence-electron chi connectivity index (χ3n) is 7.22. The zero-order chi connectivity index (χ0) is 16.9. The van der Waals surface area contributed by atoms with Crippen LogP contribution < -0.4 is 0 Å². The molecule has 4 atom stereocenters. The second kappa shape index (κ2) is 5.87. The fourth-order valence-electron chi connectivity index (χ4n) is 5.47. The molecule has 132 valence electrons. The summed E-state index contributed by atoms with van der Waals surface area (Å²) in [4.78, 5) is 24.1. The predicted octanol–water partition coefficient (Wildman–Crippen LogP) is 2.63. The Bertz CT molecular complexity index is 595. The van der Waals surface area contributed by atoms with E-state index in [1.54, 1.807) is 12.4 Å². The molecule has 3 saturated carbocycles. The monoisotopic (exact) mass is 330 g/mol. The Balaban J connectivity index is 1.35. The van der Waals surface area contributed by atoms with Crippen molar-refractivity contribution in [2.75, 3.05) is 26.2 Å². The van der Waals surface area contributed by atoms with Crippen LogP contribution in [-0.2, 0) is 0 Å². The molecular formula is C19H30N4O. The normalized spacial score (nSPS) is 35.5. The van der Waals surface area contributed by atoms with Crippen molar-refractivity contribution < 1.29 is 4.79 Å². The summed E-state index contributed by atoms with van der Waals surface area (Å²) in [6.45, 7) is 11.0. The van der Waals surface area contributed by atoms with Crippen molar-refractivity contribution in [1.82, 2.24) is 19.8 Å². The van der Waals surface area contributed by atoms with E-state index < -0.39 is 0 Å². The number of piperazine rings is 1. The van der Waals surface area contributed by atoms with Gasteiger partial charge in [-0.2, -0.15) is 0 Å². The second-order valence-corrected chi connectivity index (χ2v) is 8.73. The summed E-state index contributed by atoms with van der Waals surface area (Å²) in [6, 6.07) is 0.429. The number of imidazole rings is 1. The van der Waals surface area contributed by atoms with Crippen molar-refractivity contribution in [3.63, 3.8) is 0 Å². The lowest BCUT2D eigenvalue weighted by Gasteiger charge is -2.61. The minimum absolute atomic E-state index is 0.0344. The van der Waals surface area contributed by atoms with E-state index in [2.05, 4.69) is 35.6 Å². The third-order valence-corrected chi connectivity index (χ3v) is 7.22. The Kier molecular flexibility index (Phi) is 3.94. The maximum atomic E-state index is 12.5. The van der Waals surface area contributed by atoms with E-state index in [1.165, 1.54) is 25.8 Å². The van der Waals surface area contributed by atoms with Crippen molar-refractivity contribution in [2.24, 2.45) is 23.2 Å². The Hall–Kier alpha value is -1.36. The molecule has 24 heavy (non-hydrogen) atoms. The molecule has 0 aromatic carbocycles. The van der Waals surface area contributed by atoms with Gasteiger partial charge in [0.15, 0.2) is 5.82 Å². The van der Waals surface area contributed by atoms with E-state index in [1.807, 2.05) is 4.90 Å². The van der Waals surface area contributed by atoms with Crippen LogP contribution in [0.3, 0.4) is 0 Å². The van der Waals surface area contributed by atoms with Gasteiger partial charge >= 0.3 is 0 Å². The van der Waals surface area contributed by atoms with Crippen LogP contribution in [0.15, 0.2) is 12.4 Å². The van der Waals surface area contributed by atoms with Gasteiger partial charge in [-0.15, -0.1) is 0 Å². The van der Waals surface area contributed by atoms with E-state index in [9.17, 15) is 4.79 Å². The van der Waals surface area contributed by atoms with Crippen molar-refractivity contribution in [3.05, 3.63) is 18.2 Å². The number of fused-ring (bicyclic) bond motifs is 2. The highest BCUT2D eigenvalue weighted by molar-refractivity contribution is 5.90. The predicted molar refractivity (Wildman–Crippen MR) is 93.6 cm³/mol. The smallest absolute Gasteiger partial charge is 0.289 e. The van der Waals surface area contributed by atoms with E-state index >= 15 is 0 Å². The lowest BCUT2D eigenvalue weighted by molar-refractivity contribution is -0.115. The lowest BCUT2D eigenvalue weighted by atomic mass is 9.45. The third kappa shape index (κ3) is 2.57. The number of nitrogens with one attached hydrogen (secondary N) is 1. The molecule has 1 aromatic rings. The van der Waals surface area contributed by atoms with Crippen LogP contribution in [0.4, 0.5) is 0 Å². The first-order valence-electron chi connectivity index (χ1n) is 9.49. The molecule has 1 aliphatic heterocycles. The Morgan fingerprint density at radius 1 is 1.38 bits per heavy atom. The first kappa shape index (κ1) is 16.1. The minimum Gasteiger partial charge on any atom is -0.341 e. The van der Waals surface area contributed by atoms with E-state index in [0.29, 0.717) is 17.3 Å². The summed E-state index contributed by atoms with van der Waals surface area (Å²) >= 11 is 0. The molecule has 4 fully saturated rings. The van der Waals surface area contributed by atoms with E-state index in [0.717, 1.165) is 37.4 Å². The van der Waals surface area contributed by atoms with E-state index in [-0.39, 0.29) is 5.91 Å². The zero-order valence-corrected chi connectivity index (χ0v) is 15.2. The molecule has 5 rings (SSSR count). The SMILES string of the molecule is C[C@H]1CN(C(=O)c2ncc[nH]2)CCN1C[C@@H]1CC[C@H]2C[C@@H]1C2(C)C. The standard InChI is InChI=1S/C19H30N4O/c1-13-11-23(18(24)17-20-6-7-21-17)9-8-22(13)12-14-4-5-15-10-16(14)19(15,2)3/h6-7,13-16H,4-5,8-12H2,1-3H3,(H,20,21)/t13-,14-,15-,16-/m0/s1. The Morgan fingerprint density at radius 3 is 2.83 bits per heavy atom. The lowest BCUT2D eigenvalue weighted by Crippen LogP contribution is -2.58. The maximum Gasteiger partial charge on any atom is 0.289 e. The van der Waals surface area contributed by atoms with Crippen LogP contribution in [0.5, 0.6) is 0 Å². The van der Waals surface area contributed by atoms with Crippen LogP contribution in [0.25, 0.3) is 0 Å². The summed E-state index contributed by atoms with van der Waals surface area (Å²) < 4.78 is 0. The molecule has 0 unspecified atom stereocenters. The number of hydrogen-bond donors (Lipinski definition) is 1. The van der Waals surface area contributed by atoms with Crippen molar-refractivity contribution in [1.29, 1.82) is 0 Å². The molecule has 0 spiro atoms. The van der Waals surface area contributed by atoms with Crippen LogP contribution in [0.2, 0.25) is 0 Å². The highest BCUT2D eigenvalue weighted by atomic mass is 16.2. The van der Waals surface area contributed by atoms with Gasteiger partial charge in [-0.05, 0) is 49.4 Å². The van der Waals surface area contributed by atoms with Crippen LogP contribution in [-0.4, -0.2) is 57.9 Å². The van der Waals surface area contributed by atoms with Crippen LogP contribution >= 0.6 is 0 Å². The quantitative estimate of drug-likeness (QED) is 0.927. The molecule has 1 saturated heterocycles. The van der Waals surface area contributed by atoms with E-state index in [4.69, 9.17) is 0 Å². The number of carbonyl (C=O) groups excluding carboxylic acids is 1. The fourth-order valence-corrected chi connectivity index (χ4v) is 5.47. The average molecular weight is 330 g/mol. The van der Waals surface area contributed by atoms with Gasteiger partial charge in [-0.25, -0.2) is 4.98 Å². The molecule has 5 nitrogen and oxygen atoms in total. The first-order chi connectivity index (χ1) is 11.5. The summed E-state index contributed by atoms with van der Waals surface area (Å²) in [6.07, 6.45) is 7.62. The Morgan fingerprint density at radius 2 is 2.21 bits per heavy atom. The van der Waals surface area contributed by atoms with Crippen molar-refractivity contribution in [2.45, 2.75) is 46.1 Å². The second-order valence-electron chi connectivity index (χ2n) is 8.73. The number of amides is 1. The van der Waals surface area contributed by atoms with Crippen molar-refractivity contribution in [3.8, 4) is 0 Å². The fraction of sp³-hybridized carbons (Fsp3) is 0.789. The highest BCUT2D eigenvalue weighted by Crippen LogP contribution is 2.61. The van der Waals surface area contributed by atoms with Crippen LogP contribution in [0.1, 0.15) is 50.7 Å². The van der Waals surface area contributed by atoms with Gasteiger partial charge in [-0.1, -0.05) is 13.8 Å². The molecule has 1 aromatic heterocycles. The van der Waals surface area contributed by atoms with Gasteiger partial charge in [0.25, 0.3) is 5.91 Å².